The van der Waals surface area contributed by atoms with Crippen molar-refractivity contribution in [3.8, 4) is 83.2 Å². The molecule has 42 heteroatoms. The largest absolute Gasteiger partial charge is 0.397 e. The second-order valence-corrected chi connectivity index (χ2v) is 50.6. The average molecular weight is 2260 g/mol. The number of aryl methyl sites for hydroxylation is 5. The first-order valence-electron chi connectivity index (χ1n) is 47.6. The lowest BCUT2D eigenvalue weighted by Crippen LogP contribution is -2.12. The second kappa shape index (κ2) is 45.7. The van der Waals surface area contributed by atoms with Crippen molar-refractivity contribution >= 4 is 311 Å². The highest BCUT2D eigenvalue weighted by molar-refractivity contribution is 7.25. The van der Waals surface area contributed by atoms with Crippen molar-refractivity contribution in [1.29, 1.82) is 26.3 Å². The number of anilines is 10. The summed E-state index contributed by atoms with van der Waals surface area (Å²) in [6.07, 6.45) is 21.3. The van der Waals surface area contributed by atoms with Gasteiger partial charge in [-0.3, -0.25) is 28.8 Å². The number of nitrogens with two attached hydrogens (primary N) is 5. The number of amides is 6. The predicted molar refractivity (Wildman–Crippen MR) is 625 cm³/mol. The van der Waals surface area contributed by atoms with E-state index in [0.717, 1.165) is 267 Å². The lowest BCUT2D eigenvalue weighted by atomic mass is 9.96. The van der Waals surface area contributed by atoms with E-state index in [9.17, 15) is 55.1 Å². The van der Waals surface area contributed by atoms with E-state index in [0.29, 0.717) is 106 Å². The summed E-state index contributed by atoms with van der Waals surface area (Å²) < 4.78 is 0. The molecule has 0 aromatic carbocycles. The molecule has 20 aromatic heterocycles. The minimum atomic E-state index is -0.279. The molecule has 20 aromatic rings. The van der Waals surface area contributed by atoms with Gasteiger partial charge >= 0.3 is 0 Å². The molecule has 0 spiro atoms. The number of nitriles is 5. The van der Waals surface area contributed by atoms with Crippen LogP contribution >= 0.6 is 170 Å². The van der Waals surface area contributed by atoms with Crippen molar-refractivity contribution in [2.75, 3.05) is 69.3 Å². The minimum absolute atomic E-state index is 0.279. The van der Waals surface area contributed by atoms with Crippen LogP contribution in [-0.4, -0.2) is 79.9 Å². The molecule has 20 heterocycles. The Kier molecular flexibility index (Phi) is 31.4. The average Bonchev–Trinajstić information content (AvgIpc) is 1.63. The van der Waals surface area contributed by atoms with Gasteiger partial charge in [0.15, 0.2) is 0 Å². The zero-order valence-corrected chi connectivity index (χ0v) is 92.3. The Bertz CT molecular complexity index is 7680. The van der Waals surface area contributed by atoms with Gasteiger partial charge in [-0.15, -0.1) is 170 Å². The van der Waals surface area contributed by atoms with Crippen molar-refractivity contribution < 1.29 is 28.8 Å². The summed E-state index contributed by atoms with van der Waals surface area (Å²) in [7, 11) is 3.38. The minimum Gasteiger partial charge on any atom is -0.397 e. The molecule has 150 heavy (non-hydrogen) atoms. The Labute approximate surface area is 920 Å². The molecule has 6 amide bonds. The highest BCUT2D eigenvalue weighted by Crippen LogP contribution is 2.49. The Morgan fingerprint density at radius 2 is 0.453 bits per heavy atom. The highest BCUT2D eigenvalue weighted by Gasteiger charge is 2.33. The van der Waals surface area contributed by atoms with Crippen LogP contribution in [0.5, 0.6) is 0 Å². The molecule has 0 aliphatic heterocycles. The van der Waals surface area contributed by atoms with Gasteiger partial charge in [-0.1, -0.05) is 30.3 Å². The number of fused-ring (bicyclic) bond motifs is 10. The van der Waals surface area contributed by atoms with Crippen LogP contribution in [0.25, 0.3) is 104 Å². The fraction of sp³-hybridized carbons (Fsp3) is 0.204. The molecule has 0 unspecified atom stereocenters. The summed E-state index contributed by atoms with van der Waals surface area (Å²) in [5.74, 6) is -1.40. The van der Waals surface area contributed by atoms with Crippen LogP contribution in [-0.2, 0) is 69.0 Å². The summed E-state index contributed by atoms with van der Waals surface area (Å²) in [6.45, 7) is 0. The number of rotatable bonds is 16. The number of nitrogens with zero attached hydrogens (tertiary/aromatic N) is 11. The van der Waals surface area contributed by atoms with Crippen molar-refractivity contribution in [2.24, 2.45) is 0 Å². The molecule has 5 aliphatic carbocycles. The first-order chi connectivity index (χ1) is 73.0. The molecule has 0 saturated carbocycles. The molecule has 0 atom stereocenters. The third kappa shape index (κ3) is 21.3. The Morgan fingerprint density at radius 3 is 0.607 bits per heavy atom. The van der Waals surface area contributed by atoms with E-state index >= 15 is 0 Å². The third-order valence-corrected chi connectivity index (χ3v) is 41.7. The number of carbonyl (C=O) groups excluding carboxylic acids is 6. The van der Waals surface area contributed by atoms with Crippen LogP contribution < -0.4 is 55.3 Å². The van der Waals surface area contributed by atoms with E-state index in [1.807, 2.05) is 148 Å². The summed E-state index contributed by atoms with van der Waals surface area (Å²) in [6, 6.07) is 50.7. The molecule has 0 radical (unpaired) electrons. The molecular formula is C108H87N21O6S15. The SMILES string of the molecule is CN(C)C=O.N#Cc1c(NC(=O)c2sc3nc(-c4cccs4)ccc3c2N)sc2c1CCCC2.N#Cc1c(NC(=O)c2sc3nc(-c4cccs4)ccc3c2N)sc2c1CCCC2.N#Cc1c(NC(=O)c2sc3nc(-c4cccs4)ccc3c2N)sc2c1CCCC2.N#Cc1c(NC(=O)c2sc3nc(-c4cccs4)ccc3c2N)sc2c1CCCC2.N#Cc1c(NC(=O)c2sc3nc(-c4cccs4)ccc3c2N)sc2c1CCCC2. The Balaban J connectivity index is 0.000000112. The van der Waals surface area contributed by atoms with Gasteiger partial charge in [-0.05, 0) is 274 Å². The highest BCUT2D eigenvalue weighted by atomic mass is 32.2. The number of hydrogen-bond acceptors (Lipinski definition) is 36. The molecule has 0 fully saturated rings. The van der Waals surface area contributed by atoms with Gasteiger partial charge in [0.2, 0.25) is 6.41 Å². The molecule has 5 aliphatic rings. The number of thiophene rings is 15. The van der Waals surface area contributed by atoms with Crippen molar-refractivity contribution in [3.63, 3.8) is 0 Å². The predicted octanol–water partition coefficient (Wildman–Crippen LogP) is 28.1. The molecule has 0 saturated heterocycles. The zero-order chi connectivity index (χ0) is 104. The molecule has 25 rings (SSSR count). The van der Waals surface area contributed by atoms with Crippen LogP contribution in [0.4, 0.5) is 53.4 Å². The lowest BCUT2D eigenvalue weighted by Gasteiger charge is -2.09. The van der Waals surface area contributed by atoms with Gasteiger partial charge in [0, 0.05) is 65.4 Å². The van der Waals surface area contributed by atoms with Gasteiger partial charge < -0.3 is 60.2 Å². The number of aromatic nitrogens is 5. The molecule has 27 nitrogen and oxygen atoms in total. The van der Waals surface area contributed by atoms with E-state index in [2.05, 4.69) is 56.9 Å². The van der Waals surface area contributed by atoms with Crippen LogP contribution in [0.1, 0.15) is 193 Å². The standard InChI is InChI=1S/5C21H16N4OS3.C3H7NO/c5*22-10-13-11-4-1-2-5-15(11)28-21(13)25-19(26)18-17(23)12-7-8-14(24-20(12)29-18)16-6-3-9-27-16;1-4(2)3-5/h5*3,6-9H,1-2,4-5,23H2,(H,25,26);3H,1-2H3. The van der Waals surface area contributed by atoms with Crippen LogP contribution in [0.3, 0.4) is 0 Å². The molecule has 15 N–H and O–H groups in total. The number of carbonyl (C=O) groups is 6. The number of pyridine rings is 5. The van der Waals surface area contributed by atoms with Gasteiger partial charge in [0.05, 0.1) is 109 Å². The first kappa shape index (κ1) is 103. The molecule has 0 bridgehead atoms. The number of nitrogens with one attached hydrogen (secondary N) is 5. The lowest BCUT2D eigenvalue weighted by molar-refractivity contribution is -0.115. The molecular weight excluding hydrogens is 2170 g/mol. The van der Waals surface area contributed by atoms with Gasteiger partial charge in [0.25, 0.3) is 29.5 Å². The zero-order valence-electron chi connectivity index (χ0n) is 80.0. The topological polar surface area (TPSA) is 479 Å². The maximum Gasteiger partial charge on any atom is 0.268 e. The quantitative estimate of drug-likeness (QED) is 0.0402. The van der Waals surface area contributed by atoms with Crippen LogP contribution in [0.15, 0.2) is 148 Å². The summed E-state index contributed by atoms with van der Waals surface area (Å²) in [4.78, 5) is 117. The fourth-order valence-electron chi connectivity index (χ4n) is 18.3. The van der Waals surface area contributed by atoms with E-state index in [4.69, 9.17) is 53.6 Å². The number of hydrogen-bond donors (Lipinski definition) is 10. The normalized spacial score (nSPS) is 13.0. The van der Waals surface area contributed by atoms with Gasteiger partial charge in [0.1, 0.15) is 104 Å². The van der Waals surface area contributed by atoms with Gasteiger partial charge in [-0.25, -0.2) is 24.9 Å². The summed E-state index contributed by atoms with van der Waals surface area (Å²) >= 11 is 22.2. The summed E-state index contributed by atoms with van der Waals surface area (Å²) in [5, 5.41) is 79.9. The van der Waals surface area contributed by atoms with Crippen molar-refractivity contribution in [1.82, 2.24) is 29.8 Å². The van der Waals surface area contributed by atoms with Crippen LogP contribution in [0, 0.1) is 56.7 Å². The third-order valence-electron chi connectivity index (χ3n) is 25.6. The Morgan fingerprint density at radius 1 is 0.280 bits per heavy atom. The van der Waals surface area contributed by atoms with Crippen molar-refractivity contribution in [2.45, 2.75) is 128 Å². The molecule has 750 valence electrons. The van der Waals surface area contributed by atoms with E-state index in [1.54, 1.807) is 70.8 Å². The van der Waals surface area contributed by atoms with Gasteiger partial charge in [-0.2, -0.15) is 26.3 Å². The Hall–Kier alpha value is -14.2. The van der Waals surface area contributed by atoms with E-state index in [1.165, 1.54) is 143 Å². The van der Waals surface area contributed by atoms with Crippen molar-refractivity contribution in [3.05, 3.63) is 253 Å². The summed E-state index contributed by atoms with van der Waals surface area (Å²) in [5.41, 5.74) is 46.5. The number of nitrogen functional groups attached to an aromatic ring is 5. The maximum atomic E-state index is 13.0. The smallest absolute Gasteiger partial charge is 0.268 e. The first-order valence-corrected chi connectivity index (χ1v) is 60.2. The van der Waals surface area contributed by atoms with Crippen LogP contribution in [0.2, 0.25) is 0 Å². The monoisotopic (exact) mass is 2250 g/mol. The fourth-order valence-corrected chi connectivity index (χ4v) is 32.9. The second-order valence-electron chi connectivity index (χ2n) is 35.3. The van der Waals surface area contributed by atoms with E-state index in [-0.39, 0.29) is 29.5 Å². The van der Waals surface area contributed by atoms with E-state index < -0.39 is 0 Å². The maximum absolute atomic E-state index is 13.0.